The number of nitrogens with one attached hydrogen (secondary N) is 4. The summed E-state index contributed by atoms with van der Waals surface area (Å²) in [5.74, 6) is 2.01. The Morgan fingerprint density at radius 1 is 0.688 bits per heavy atom. The number of benzene rings is 2. The van der Waals surface area contributed by atoms with Crippen molar-refractivity contribution >= 4 is 47.2 Å². The third kappa shape index (κ3) is 8.31. The van der Waals surface area contributed by atoms with Gasteiger partial charge in [-0.25, -0.2) is 19.6 Å². The molecule has 4 amide bonds. The van der Waals surface area contributed by atoms with Crippen LogP contribution >= 0.6 is 23.2 Å². The first-order chi connectivity index (χ1) is 30.6. The van der Waals surface area contributed by atoms with E-state index in [0.29, 0.717) is 60.5 Å². The van der Waals surface area contributed by atoms with Crippen LogP contribution < -0.4 is 20.1 Å². The molecular weight excluding hydrogens is 871 g/mol. The van der Waals surface area contributed by atoms with Crippen molar-refractivity contribution < 1.29 is 47.6 Å². The van der Waals surface area contributed by atoms with Gasteiger partial charge in [-0.3, -0.25) is 9.59 Å². The van der Waals surface area contributed by atoms with Gasteiger partial charge in [0.05, 0.1) is 49.9 Å². The smallest absolute Gasteiger partial charge is 0.407 e. The maximum atomic E-state index is 14.0. The molecule has 2 saturated heterocycles. The Kier molecular flexibility index (Phi) is 12.8. The van der Waals surface area contributed by atoms with Crippen LogP contribution in [0.1, 0.15) is 75.4 Å². The number of hydrogen-bond donors (Lipinski definition) is 4. The van der Waals surface area contributed by atoms with Crippen molar-refractivity contribution in [2.45, 2.75) is 90.1 Å². The monoisotopic (exact) mass is 922 g/mol. The summed E-state index contributed by atoms with van der Waals surface area (Å²) in [4.78, 5) is 72.0. The largest absolute Gasteiger partial charge is 0.488 e. The molecule has 342 valence electrons. The highest BCUT2D eigenvalue weighted by atomic mass is 35.5. The number of carbonyl (C=O) groups is 4. The molecule has 0 unspecified atom stereocenters. The van der Waals surface area contributed by atoms with Crippen LogP contribution in [-0.2, 0) is 41.8 Å². The van der Waals surface area contributed by atoms with E-state index >= 15 is 0 Å². The molecule has 8 rings (SSSR count). The van der Waals surface area contributed by atoms with Gasteiger partial charge in [0.1, 0.15) is 48.4 Å². The lowest BCUT2D eigenvalue weighted by atomic mass is 9.87. The lowest BCUT2D eigenvalue weighted by Gasteiger charge is -2.31. The molecule has 0 radical (unpaired) electrons. The van der Waals surface area contributed by atoms with Gasteiger partial charge < -0.3 is 58.8 Å². The highest BCUT2D eigenvalue weighted by Crippen LogP contribution is 2.52. The molecule has 0 saturated carbocycles. The number of aromatic amines is 2. The summed E-state index contributed by atoms with van der Waals surface area (Å²) >= 11 is 13.7. The molecule has 2 aromatic carbocycles. The molecule has 4 aromatic rings. The Balaban J connectivity index is 1.06. The molecule has 8 atom stereocenters. The van der Waals surface area contributed by atoms with E-state index in [1.165, 1.54) is 28.4 Å². The zero-order valence-corrected chi connectivity index (χ0v) is 38.3. The Bertz CT molecular complexity index is 2260. The first kappa shape index (κ1) is 45.0. The standard InChI is InChI=1S/C44H52Cl2N8O10/c1-19-9-27(53(15-19)41(55)33(21(3)59-5)49-43(57)61-7)39-47-35(37(45)51-39)23-11-25-17-64-30-14-24(12-26-18-63-29(13-23)31(25)32(26)30)36-38(46)52-40(48-36)28-10-20(2)16-54(28)42(56)34(22(4)60-6)50-44(58)62-8/h11-14,19-22,27-28,33-34H,9-10,15-18H2,1-8H3,(H,47,51)(H,48,52)(H,49,57)(H,50,58)/t19-,20-,21+,22+,27-,28-,33-,34-/m0/s1. The Labute approximate surface area is 379 Å². The van der Waals surface area contributed by atoms with Crippen LogP contribution in [0.5, 0.6) is 11.5 Å². The minimum absolute atomic E-state index is 0.150. The van der Waals surface area contributed by atoms with E-state index in [4.69, 9.17) is 61.6 Å². The second kappa shape index (κ2) is 18.1. The van der Waals surface area contributed by atoms with Gasteiger partial charge in [0.2, 0.25) is 11.8 Å². The van der Waals surface area contributed by atoms with Crippen molar-refractivity contribution in [3.8, 4) is 45.1 Å². The van der Waals surface area contributed by atoms with Crippen LogP contribution in [0.15, 0.2) is 24.3 Å². The lowest BCUT2D eigenvalue weighted by Crippen LogP contribution is -2.54. The summed E-state index contributed by atoms with van der Waals surface area (Å²) in [6, 6.07) is 5.02. The molecule has 18 nitrogen and oxygen atoms in total. The minimum atomic E-state index is -0.981. The van der Waals surface area contributed by atoms with E-state index in [1.54, 1.807) is 23.6 Å². The van der Waals surface area contributed by atoms with Crippen molar-refractivity contribution in [1.82, 2.24) is 40.4 Å². The summed E-state index contributed by atoms with van der Waals surface area (Å²) in [6.07, 6.45) is -1.46. The summed E-state index contributed by atoms with van der Waals surface area (Å²) in [7, 11) is 5.43. The van der Waals surface area contributed by atoms with Crippen molar-refractivity contribution in [2.75, 3.05) is 41.5 Å². The number of carbonyl (C=O) groups excluding carboxylic acids is 4. The van der Waals surface area contributed by atoms with Crippen molar-refractivity contribution in [3.63, 3.8) is 0 Å². The predicted octanol–water partition coefficient (Wildman–Crippen LogP) is 6.56. The van der Waals surface area contributed by atoms with Crippen LogP contribution in [0.2, 0.25) is 10.3 Å². The van der Waals surface area contributed by atoms with Crippen LogP contribution in [0.25, 0.3) is 33.6 Å². The summed E-state index contributed by atoms with van der Waals surface area (Å²) in [5, 5.41) is 5.72. The number of aromatic nitrogens is 4. The number of H-pyrrole nitrogens is 2. The second-order valence-corrected chi connectivity index (χ2v) is 17.7. The first-order valence-corrected chi connectivity index (χ1v) is 21.9. The van der Waals surface area contributed by atoms with E-state index in [0.717, 1.165) is 33.4 Å². The quantitative estimate of drug-likeness (QED) is 0.119. The highest BCUT2D eigenvalue weighted by Gasteiger charge is 2.43. The predicted molar refractivity (Wildman–Crippen MR) is 234 cm³/mol. The SMILES string of the molecule is COC(=O)N[C@H](C(=O)N1C[C@@H](C)C[C@H]1c1nc(Cl)c(-c2cc3c4c(c2)OCc2cc(-c5[nH]c([C@@H]6C[C@H](C)CN6C(=O)[C@@H](NC(=O)OC)[C@@H](C)OC)nc5Cl)cc(c2-4)OC3)[nH]1)[C@@H](C)OC. The van der Waals surface area contributed by atoms with Gasteiger partial charge in [0, 0.05) is 60.7 Å². The van der Waals surface area contributed by atoms with Gasteiger partial charge in [-0.1, -0.05) is 37.0 Å². The van der Waals surface area contributed by atoms with Gasteiger partial charge in [-0.05, 0) is 62.8 Å². The van der Waals surface area contributed by atoms with Gasteiger partial charge >= 0.3 is 12.2 Å². The fourth-order valence-corrected chi connectivity index (χ4v) is 9.76. The zero-order chi connectivity index (χ0) is 45.7. The number of methoxy groups -OCH3 is 4. The Morgan fingerprint density at radius 3 is 1.44 bits per heavy atom. The third-order valence-corrected chi connectivity index (χ3v) is 13.2. The number of hydrogen-bond acceptors (Lipinski definition) is 12. The lowest BCUT2D eigenvalue weighted by molar-refractivity contribution is -0.138. The average molecular weight is 924 g/mol. The van der Waals surface area contributed by atoms with Crippen LogP contribution in [0.4, 0.5) is 9.59 Å². The molecule has 4 aliphatic rings. The number of likely N-dealkylation sites (tertiary alicyclic amines) is 2. The van der Waals surface area contributed by atoms with E-state index in [9.17, 15) is 19.2 Å². The normalized spacial score (nSPS) is 21.5. The molecule has 2 fully saturated rings. The fraction of sp³-hybridized carbons (Fsp3) is 0.500. The van der Waals surface area contributed by atoms with Crippen molar-refractivity contribution in [3.05, 3.63) is 57.3 Å². The minimum Gasteiger partial charge on any atom is -0.488 e. The van der Waals surface area contributed by atoms with Crippen molar-refractivity contribution in [2.24, 2.45) is 11.8 Å². The number of ether oxygens (including phenoxy) is 6. The molecule has 64 heavy (non-hydrogen) atoms. The van der Waals surface area contributed by atoms with E-state index < -0.39 is 48.6 Å². The molecule has 2 aromatic heterocycles. The maximum Gasteiger partial charge on any atom is 0.407 e. The van der Waals surface area contributed by atoms with E-state index in [-0.39, 0.29) is 47.2 Å². The molecule has 4 aliphatic heterocycles. The Hall–Kier alpha value is -5.56. The van der Waals surface area contributed by atoms with Crippen LogP contribution in [0.3, 0.4) is 0 Å². The third-order valence-electron chi connectivity index (χ3n) is 12.7. The van der Waals surface area contributed by atoms with Gasteiger partial charge in [0.25, 0.3) is 0 Å². The molecule has 0 spiro atoms. The topological polar surface area (TPSA) is 212 Å². The number of nitrogens with zero attached hydrogens (tertiary/aromatic N) is 4. The number of amides is 4. The van der Waals surface area contributed by atoms with Crippen LogP contribution in [0, 0.1) is 11.8 Å². The highest BCUT2D eigenvalue weighted by molar-refractivity contribution is 6.32. The van der Waals surface area contributed by atoms with Crippen LogP contribution in [-0.4, -0.2) is 120 Å². The summed E-state index contributed by atoms with van der Waals surface area (Å²) in [6.45, 7) is 8.90. The second-order valence-electron chi connectivity index (χ2n) is 17.0. The van der Waals surface area contributed by atoms with Gasteiger partial charge in [-0.15, -0.1) is 0 Å². The van der Waals surface area contributed by atoms with E-state index in [2.05, 4.69) is 34.4 Å². The summed E-state index contributed by atoms with van der Waals surface area (Å²) in [5.41, 5.74) is 6.22. The van der Waals surface area contributed by atoms with Crippen molar-refractivity contribution in [1.29, 1.82) is 0 Å². The molecule has 20 heteroatoms. The Morgan fingerprint density at radius 2 is 1.08 bits per heavy atom. The zero-order valence-electron chi connectivity index (χ0n) is 36.8. The number of alkyl carbamates (subject to hydrolysis) is 2. The van der Waals surface area contributed by atoms with Gasteiger partial charge in [-0.2, -0.15) is 0 Å². The first-order valence-electron chi connectivity index (χ1n) is 21.1. The molecule has 4 N–H and O–H groups in total. The number of imidazole rings is 2. The molecular formula is C44H52Cl2N8O10. The van der Waals surface area contributed by atoms with E-state index in [1.807, 2.05) is 24.3 Å². The number of rotatable bonds is 12. The summed E-state index contributed by atoms with van der Waals surface area (Å²) < 4.78 is 33.4. The van der Waals surface area contributed by atoms with Gasteiger partial charge in [0.15, 0.2) is 10.3 Å². The molecule has 0 aliphatic carbocycles. The number of halogens is 2. The maximum absolute atomic E-state index is 14.0. The fourth-order valence-electron chi connectivity index (χ4n) is 9.26. The average Bonchev–Trinajstić information content (AvgIpc) is 4.09. The molecule has 6 heterocycles. The molecule has 0 bridgehead atoms.